The third-order valence-electron chi connectivity index (χ3n) is 6.79. The van der Waals surface area contributed by atoms with E-state index in [0.29, 0.717) is 45.2 Å². The monoisotopic (exact) mass is 567 g/mol. The van der Waals surface area contributed by atoms with Gasteiger partial charge >= 0.3 is 5.97 Å². The van der Waals surface area contributed by atoms with Crippen LogP contribution in [0.1, 0.15) is 52.9 Å². The maximum Gasteiger partial charge on any atom is 0.326 e. The van der Waals surface area contributed by atoms with Crippen LogP contribution in [0.25, 0.3) is 0 Å². The summed E-state index contributed by atoms with van der Waals surface area (Å²) in [7, 11) is 0. The predicted molar refractivity (Wildman–Crippen MR) is 141 cm³/mol. The molecule has 15 heteroatoms. The zero-order valence-electron chi connectivity index (χ0n) is 23.2. The number of rotatable bonds is 13. The van der Waals surface area contributed by atoms with Gasteiger partial charge in [0.15, 0.2) is 0 Å². The molecule has 2 fully saturated rings. The molecule has 0 aromatic heterocycles. The van der Waals surface area contributed by atoms with E-state index in [1.165, 1.54) is 16.7 Å². The summed E-state index contributed by atoms with van der Waals surface area (Å²) in [6, 6.07) is -3.47. The van der Waals surface area contributed by atoms with E-state index in [0.717, 1.165) is 0 Å². The van der Waals surface area contributed by atoms with Crippen LogP contribution in [0.5, 0.6) is 0 Å². The average Bonchev–Trinajstić information content (AvgIpc) is 3.58. The van der Waals surface area contributed by atoms with Gasteiger partial charge < -0.3 is 41.9 Å². The van der Waals surface area contributed by atoms with Crippen LogP contribution in [0.3, 0.4) is 0 Å². The molecule has 0 saturated carbocycles. The summed E-state index contributed by atoms with van der Waals surface area (Å²) < 4.78 is 0. The third-order valence-corrected chi connectivity index (χ3v) is 6.79. The number of aliphatic carboxylic acids is 1. The van der Waals surface area contributed by atoms with E-state index in [2.05, 4.69) is 21.3 Å². The Hall–Kier alpha value is -3.75. The Morgan fingerprint density at radius 2 is 1.43 bits per heavy atom. The van der Waals surface area contributed by atoms with Crippen molar-refractivity contribution in [2.75, 3.05) is 32.7 Å². The van der Waals surface area contributed by atoms with Crippen molar-refractivity contribution < 1.29 is 38.7 Å². The summed E-state index contributed by atoms with van der Waals surface area (Å²) in [4.78, 5) is 88.1. The number of nitrogens with zero attached hydrogens (tertiary/aromatic N) is 2. The standard InChI is InChI=1S/C25H41N7O8/c1-14(2)10-16(26)22(36)28-11-19(33)27-13-21(35)31-8-4-6-17(31)23(37)29-12-20(34)30-15(3)24(38)32-9-5-7-18(32)25(39)40/h14-18H,4-13,26H2,1-3H3,(H,27,33)(H,28,36)(H,29,37)(H,30,34)(H,39,40)/t15-,16-,17-,18-/m0/s1. The van der Waals surface area contributed by atoms with E-state index < -0.39 is 72.1 Å². The highest BCUT2D eigenvalue weighted by molar-refractivity contribution is 5.94. The molecule has 2 aliphatic rings. The number of hydrogen-bond acceptors (Lipinski definition) is 8. The fourth-order valence-corrected chi connectivity index (χ4v) is 4.76. The molecule has 0 radical (unpaired) electrons. The van der Waals surface area contributed by atoms with E-state index >= 15 is 0 Å². The van der Waals surface area contributed by atoms with E-state index in [9.17, 15) is 38.7 Å². The average molecular weight is 568 g/mol. The first-order valence-corrected chi connectivity index (χ1v) is 13.5. The van der Waals surface area contributed by atoms with Crippen LogP contribution in [-0.4, -0.2) is 113 Å². The molecule has 0 unspecified atom stereocenters. The second-order valence-corrected chi connectivity index (χ2v) is 10.5. The molecule has 4 atom stereocenters. The first-order chi connectivity index (χ1) is 18.8. The van der Waals surface area contributed by atoms with Gasteiger partial charge in [-0.15, -0.1) is 0 Å². The van der Waals surface area contributed by atoms with Crippen LogP contribution in [0.2, 0.25) is 0 Å². The van der Waals surface area contributed by atoms with Gasteiger partial charge in [0.05, 0.1) is 25.7 Å². The van der Waals surface area contributed by atoms with Crippen molar-refractivity contribution in [1.29, 1.82) is 0 Å². The summed E-state index contributed by atoms with van der Waals surface area (Å²) in [6.07, 6.45) is 2.30. The van der Waals surface area contributed by atoms with Gasteiger partial charge in [-0.05, 0) is 44.9 Å². The maximum absolute atomic E-state index is 12.7. The molecule has 40 heavy (non-hydrogen) atoms. The quantitative estimate of drug-likeness (QED) is 0.136. The summed E-state index contributed by atoms with van der Waals surface area (Å²) in [5, 5.41) is 19.0. The van der Waals surface area contributed by atoms with Gasteiger partial charge in [-0.1, -0.05) is 13.8 Å². The van der Waals surface area contributed by atoms with Crippen molar-refractivity contribution in [2.45, 2.75) is 77.0 Å². The molecule has 0 spiro atoms. The molecule has 0 aromatic rings. The Morgan fingerprint density at radius 1 is 0.825 bits per heavy atom. The van der Waals surface area contributed by atoms with Gasteiger partial charge in [0.1, 0.15) is 18.1 Å². The lowest BCUT2D eigenvalue weighted by Gasteiger charge is -2.26. The lowest BCUT2D eigenvalue weighted by molar-refractivity contribution is -0.149. The van der Waals surface area contributed by atoms with Gasteiger partial charge in [-0.25, -0.2) is 4.79 Å². The largest absolute Gasteiger partial charge is 0.480 e. The summed E-state index contributed by atoms with van der Waals surface area (Å²) in [6.45, 7) is 4.72. The normalized spacial score (nSPS) is 20.0. The van der Waals surface area contributed by atoms with Crippen LogP contribution in [-0.2, 0) is 33.6 Å². The molecule has 2 saturated heterocycles. The number of likely N-dealkylation sites (tertiary alicyclic amines) is 2. The second kappa shape index (κ2) is 15.1. The first-order valence-electron chi connectivity index (χ1n) is 13.5. The van der Waals surface area contributed by atoms with Gasteiger partial charge in [0.25, 0.3) is 0 Å². The second-order valence-electron chi connectivity index (χ2n) is 10.5. The zero-order valence-corrected chi connectivity index (χ0v) is 23.2. The molecule has 2 heterocycles. The molecule has 2 rings (SSSR count). The van der Waals surface area contributed by atoms with Crippen molar-refractivity contribution in [3.05, 3.63) is 0 Å². The number of nitrogens with two attached hydrogens (primary N) is 1. The molecule has 0 aliphatic carbocycles. The summed E-state index contributed by atoms with van der Waals surface area (Å²) in [5.41, 5.74) is 5.77. The smallest absolute Gasteiger partial charge is 0.326 e. The van der Waals surface area contributed by atoms with Gasteiger partial charge in [-0.2, -0.15) is 0 Å². The molecule has 2 aliphatic heterocycles. The highest BCUT2D eigenvalue weighted by atomic mass is 16.4. The minimum Gasteiger partial charge on any atom is -0.480 e. The van der Waals surface area contributed by atoms with Gasteiger partial charge in [0, 0.05) is 13.1 Å². The van der Waals surface area contributed by atoms with Crippen LogP contribution >= 0.6 is 0 Å². The number of carbonyl (C=O) groups excluding carboxylic acids is 6. The Kier molecular flexibility index (Phi) is 12.3. The van der Waals surface area contributed by atoms with Crippen LogP contribution in [0.4, 0.5) is 0 Å². The molecule has 0 bridgehead atoms. The molecule has 15 nitrogen and oxygen atoms in total. The van der Waals surface area contributed by atoms with E-state index in [1.54, 1.807) is 0 Å². The summed E-state index contributed by atoms with van der Waals surface area (Å²) >= 11 is 0. The molecule has 7 N–H and O–H groups in total. The van der Waals surface area contributed by atoms with Crippen LogP contribution in [0, 0.1) is 5.92 Å². The lowest BCUT2D eigenvalue weighted by atomic mass is 10.0. The minimum atomic E-state index is -1.10. The van der Waals surface area contributed by atoms with Crippen molar-refractivity contribution in [1.82, 2.24) is 31.1 Å². The fraction of sp³-hybridized carbons (Fsp3) is 0.720. The number of amides is 6. The molecule has 6 amide bonds. The van der Waals surface area contributed by atoms with Crippen molar-refractivity contribution in [2.24, 2.45) is 11.7 Å². The molecule has 0 aromatic carbocycles. The third kappa shape index (κ3) is 9.47. The van der Waals surface area contributed by atoms with E-state index in [1.807, 2.05) is 13.8 Å². The lowest BCUT2D eigenvalue weighted by Crippen LogP contribution is -2.53. The number of carboxylic acid groups (broad SMARTS) is 1. The SMILES string of the molecule is CC(C)C[C@H](N)C(=O)NCC(=O)NCC(=O)N1CCC[C@H]1C(=O)NCC(=O)N[C@@H](C)C(=O)N1CCC[C@H]1C(=O)O. The Bertz CT molecular complexity index is 988. The summed E-state index contributed by atoms with van der Waals surface area (Å²) in [5.74, 6) is -4.12. The maximum atomic E-state index is 12.7. The van der Waals surface area contributed by atoms with Crippen LogP contribution in [0.15, 0.2) is 0 Å². The number of carboxylic acids is 1. The van der Waals surface area contributed by atoms with Gasteiger partial charge in [0.2, 0.25) is 35.4 Å². The number of nitrogens with one attached hydrogen (secondary N) is 4. The van der Waals surface area contributed by atoms with Crippen LogP contribution < -0.4 is 27.0 Å². The molecular weight excluding hydrogens is 526 g/mol. The highest BCUT2D eigenvalue weighted by Gasteiger charge is 2.37. The Morgan fingerprint density at radius 3 is 2.05 bits per heavy atom. The minimum absolute atomic E-state index is 0.216. The highest BCUT2D eigenvalue weighted by Crippen LogP contribution is 2.19. The van der Waals surface area contributed by atoms with E-state index in [4.69, 9.17) is 5.73 Å². The van der Waals surface area contributed by atoms with Crippen molar-refractivity contribution in [3.8, 4) is 0 Å². The first kappa shape index (κ1) is 32.5. The predicted octanol–water partition coefficient (Wildman–Crippen LogP) is -2.72. The number of carbonyl (C=O) groups is 7. The van der Waals surface area contributed by atoms with E-state index in [-0.39, 0.29) is 19.0 Å². The topological polar surface area (TPSA) is 220 Å². The van der Waals surface area contributed by atoms with Crippen molar-refractivity contribution in [3.63, 3.8) is 0 Å². The Balaban J connectivity index is 1.75. The zero-order chi connectivity index (χ0) is 30.0. The Labute approximate surface area is 232 Å². The number of hydrogen-bond donors (Lipinski definition) is 6. The fourth-order valence-electron chi connectivity index (χ4n) is 4.76. The van der Waals surface area contributed by atoms with Crippen molar-refractivity contribution >= 4 is 41.4 Å². The molecule has 224 valence electrons. The molecular formula is C25H41N7O8. The van der Waals surface area contributed by atoms with Gasteiger partial charge in [-0.3, -0.25) is 28.8 Å².